The SMILES string of the molecule is O=C(CN1CCC[C@H](O)C1)Nc1ccc(F)c(F)c1. The van der Waals surface area contributed by atoms with Crippen LogP contribution in [0.15, 0.2) is 18.2 Å². The molecule has 104 valence electrons. The first-order valence-corrected chi connectivity index (χ1v) is 6.20. The van der Waals surface area contributed by atoms with Crippen LogP contribution in [-0.4, -0.2) is 41.7 Å². The molecule has 2 N–H and O–H groups in total. The number of piperidine rings is 1. The number of likely N-dealkylation sites (tertiary alicyclic amines) is 1. The molecule has 1 aromatic rings. The van der Waals surface area contributed by atoms with Gasteiger partial charge in [0.25, 0.3) is 0 Å². The van der Waals surface area contributed by atoms with Gasteiger partial charge in [-0.15, -0.1) is 0 Å². The van der Waals surface area contributed by atoms with Gasteiger partial charge in [-0.25, -0.2) is 8.78 Å². The molecule has 0 spiro atoms. The van der Waals surface area contributed by atoms with Gasteiger partial charge in [-0.1, -0.05) is 0 Å². The summed E-state index contributed by atoms with van der Waals surface area (Å²) in [5.41, 5.74) is 0.224. The molecule has 1 saturated heterocycles. The third-order valence-electron chi connectivity index (χ3n) is 3.05. The van der Waals surface area contributed by atoms with Crippen molar-refractivity contribution in [2.75, 3.05) is 25.0 Å². The summed E-state index contributed by atoms with van der Waals surface area (Å²) < 4.78 is 25.7. The molecule has 0 aliphatic carbocycles. The highest BCUT2D eigenvalue weighted by Crippen LogP contribution is 2.14. The minimum absolute atomic E-state index is 0.135. The van der Waals surface area contributed by atoms with E-state index < -0.39 is 17.7 Å². The maximum Gasteiger partial charge on any atom is 0.238 e. The van der Waals surface area contributed by atoms with Crippen molar-refractivity contribution >= 4 is 11.6 Å². The Kier molecular flexibility index (Phi) is 4.44. The monoisotopic (exact) mass is 270 g/mol. The molecule has 1 aromatic carbocycles. The number of carbonyl (C=O) groups excluding carboxylic acids is 1. The maximum absolute atomic E-state index is 13.0. The van der Waals surface area contributed by atoms with Crippen LogP contribution in [-0.2, 0) is 4.79 Å². The Hall–Kier alpha value is -1.53. The summed E-state index contributed by atoms with van der Waals surface area (Å²) in [6, 6.07) is 3.22. The molecule has 1 aliphatic heterocycles. The summed E-state index contributed by atoms with van der Waals surface area (Å²) in [4.78, 5) is 13.6. The van der Waals surface area contributed by atoms with Crippen molar-refractivity contribution in [2.24, 2.45) is 0 Å². The number of aliphatic hydroxyl groups excluding tert-OH is 1. The lowest BCUT2D eigenvalue weighted by atomic mass is 10.1. The van der Waals surface area contributed by atoms with Gasteiger partial charge >= 0.3 is 0 Å². The van der Waals surface area contributed by atoms with E-state index in [0.717, 1.165) is 31.5 Å². The Labute approximate surface area is 110 Å². The number of β-amino-alcohol motifs (C(OH)–C–C–N with tert-alkyl or cyclic N) is 1. The second kappa shape index (κ2) is 6.08. The fourth-order valence-corrected chi connectivity index (χ4v) is 2.15. The third kappa shape index (κ3) is 3.97. The first-order chi connectivity index (χ1) is 9.04. The number of anilines is 1. The molecule has 0 unspecified atom stereocenters. The summed E-state index contributed by atoms with van der Waals surface area (Å²) >= 11 is 0. The second-order valence-corrected chi connectivity index (χ2v) is 4.71. The number of benzene rings is 1. The molecule has 0 radical (unpaired) electrons. The number of nitrogens with zero attached hydrogens (tertiary/aromatic N) is 1. The number of aliphatic hydroxyl groups is 1. The highest BCUT2D eigenvalue weighted by Gasteiger charge is 2.19. The Balaban J connectivity index is 1.88. The van der Waals surface area contributed by atoms with Gasteiger partial charge in [0.1, 0.15) is 0 Å². The molecule has 1 fully saturated rings. The van der Waals surface area contributed by atoms with Crippen molar-refractivity contribution in [3.63, 3.8) is 0 Å². The fourth-order valence-electron chi connectivity index (χ4n) is 2.15. The number of carbonyl (C=O) groups is 1. The van der Waals surface area contributed by atoms with Crippen LogP contribution in [0.4, 0.5) is 14.5 Å². The zero-order chi connectivity index (χ0) is 13.8. The molecule has 2 rings (SSSR count). The molecule has 0 aromatic heterocycles. The molecule has 1 aliphatic rings. The molecular formula is C13H16F2N2O2. The number of nitrogens with one attached hydrogen (secondary N) is 1. The van der Waals surface area contributed by atoms with Crippen LogP contribution in [0.2, 0.25) is 0 Å². The summed E-state index contributed by atoms with van der Waals surface area (Å²) in [7, 11) is 0. The number of hydrogen-bond acceptors (Lipinski definition) is 3. The van der Waals surface area contributed by atoms with Crippen LogP contribution < -0.4 is 5.32 Å². The zero-order valence-corrected chi connectivity index (χ0v) is 10.4. The molecule has 6 heteroatoms. The predicted molar refractivity (Wildman–Crippen MR) is 66.7 cm³/mol. The Morgan fingerprint density at radius 2 is 2.21 bits per heavy atom. The summed E-state index contributed by atoms with van der Waals surface area (Å²) in [5, 5.41) is 12.0. The van der Waals surface area contributed by atoms with Gasteiger partial charge in [-0.3, -0.25) is 9.69 Å². The van der Waals surface area contributed by atoms with Crippen LogP contribution in [0.25, 0.3) is 0 Å². The van der Waals surface area contributed by atoms with Gasteiger partial charge in [0.15, 0.2) is 11.6 Å². The van der Waals surface area contributed by atoms with Crippen LogP contribution in [0, 0.1) is 11.6 Å². The van der Waals surface area contributed by atoms with E-state index in [0.29, 0.717) is 6.54 Å². The average molecular weight is 270 g/mol. The van der Waals surface area contributed by atoms with Crippen LogP contribution in [0.5, 0.6) is 0 Å². The molecule has 0 bridgehead atoms. The minimum Gasteiger partial charge on any atom is -0.392 e. The van der Waals surface area contributed by atoms with Crippen molar-refractivity contribution in [1.82, 2.24) is 4.90 Å². The second-order valence-electron chi connectivity index (χ2n) is 4.71. The molecule has 1 amide bonds. The predicted octanol–water partition coefficient (Wildman–Crippen LogP) is 1.36. The maximum atomic E-state index is 13.0. The standard InChI is InChI=1S/C13H16F2N2O2/c14-11-4-3-9(6-12(11)15)16-13(19)8-17-5-1-2-10(18)7-17/h3-4,6,10,18H,1-2,5,7-8H2,(H,16,19)/t10-/m0/s1. The van der Waals surface area contributed by atoms with Crippen LogP contribution >= 0.6 is 0 Å². The van der Waals surface area contributed by atoms with E-state index in [1.807, 2.05) is 4.90 Å². The summed E-state index contributed by atoms with van der Waals surface area (Å²) in [6.07, 6.45) is 1.20. The highest BCUT2D eigenvalue weighted by atomic mass is 19.2. The lowest BCUT2D eigenvalue weighted by Crippen LogP contribution is -2.42. The van der Waals surface area contributed by atoms with E-state index in [-0.39, 0.29) is 18.1 Å². The molecule has 1 atom stereocenters. The van der Waals surface area contributed by atoms with E-state index in [2.05, 4.69) is 5.32 Å². The zero-order valence-electron chi connectivity index (χ0n) is 10.4. The first-order valence-electron chi connectivity index (χ1n) is 6.20. The normalized spacial score (nSPS) is 20.3. The van der Waals surface area contributed by atoms with Gasteiger partial charge in [-0.05, 0) is 31.5 Å². The number of hydrogen-bond donors (Lipinski definition) is 2. The van der Waals surface area contributed by atoms with E-state index in [9.17, 15) is 18.7 Å². The number of halogens is 2. The van der Waals surface area contributed by atoms with Crippen molar-refractivity contribution in [2.45, 2.75) is 18.9 Å². The largest absolute Gasteiger partial charge is 0.392 e. The lowest BCUT2D eigenvalue weighted by Gasteiger charge is -2.29. The molecular weight excluding hydrogens is 254 g/mol. The Morgan fingerprint density at radius 3 is 2.89 bits per heavy atom. The summed E-state index contributed by atoms with van der Waals surface area (Å²) in [5.74, 6) is -2.25. The third-order valence-corrected chi connectivity index (χ3v) is 3.05. The van der Waals surface area contributed by atoms with E-state index in [1.54, 1.807) is 0 Å². The van der Waals surface area contributed by atoms with Crippen LogP contribution in [0.3, 0.4) is 0 Å². The van der Waals surface area contributed by atoms with Crippen molar-refractivity contribution < 1.29 is 18.7 Å². The highest BCUT2D eigenvalue weighted by molar-refractivity contribution is 5.92. The quantitative estimate of drug-likeness (QED) is 0.872. The summed E-state index contributed by atoms with van der Waals surface area (Å²) in [6.45, 7) is 1.35. The molecule has 19 heavy (non-hydrogen) atoms. The van der Waals surface area contributed by atoms with Crippen LogP contribution in [0.1, 0.15) is 12.8 Å². The number of amides is 1. The topological polar surface area (TPSA) is 52.6 Å². The van der Waals surface area contributed by atoms with E-state index in [1.165, 1.54) is 6.07 Å². The van der Waals surface area contributed by atoms with Crippen molar-refractivity contribution in [1.29, 1.82) is 0 Å². The smallest absolute Gasteiger partial charge is 0.238 e. The minimum atomic E-state index is -0.994. The molecule has 0 saturated carbocycles. The number of rotatable bonds is 3. The molecule has 1 heterocycles. The Bertz CT molecular complexity index is 468. The van der Waals surface area contributed by atoms with Gasteiger partial charge < -0.3 is 10.4 Å². The van der Waals surface area contributed by atoms with Gasteiger partial charge in [-0.2, -0.15) is 0 Å². The average Bonchev–Trinajstić information content (AvgIpc) is 2.34. The van der Waals surface area contributed by atoms with Crippen molar-refractivity contribution in [3.8, 4) is 0 Å². The first kappa shape index (κ1) is 13.9. The van der Waals surface area contributed by atoms with E-state index >= 15 is 0 Å². The molecule has 4 nitrogen and oxygen atoms in total. The van der Waals surface area contributed by atoms with Gasteiger partial charge in [0.2, 0.25) is 5.91 Å². The lowest BCUT2D eigenvalue weighted by molar-refractivity contribution is -0.118. The van der Waals surface area contributed by atoms with E-state index in [4.69, 9.17) is 0 Å². The van der Waals surface area contributed by atoms with Crippen molar-refractivity contribution in [3.05, 3.63) is 29.8 Å². The van der Waals surface area contributed by atoms with Gasteiger partial charge in [0, 0.05) is 18.3 Å². The van der Waals surface area contributed by atoms with Gasteiger partial charge in [0.05, 0.1) is 12.6 Å². The Morgan fingerprint density at radius 1 is 1.42 bits per heavy atom. The fraction of sp³-hybridized carbons (Fsp3) is 0.462.